The zero-order chi connectivity index (χ0) is 11.2. The average molecular weight is 208 g/mol. The molecule has 0 radical (unpaired) electrons. The Bertz CT molecular complexity index is 405. The van der Waals surface area contributed by atoms with Gasteiger partial charge in [-0.25, -0.2) is 4.68 Å². The molecule has 0 amide bonds. The lowest BCUT2D eigenvalue weighted by Gasteiger charge is -2.30. The summed E-state index contributed by atoms with van der Waals surface area (Å²) in [6, 6.07) is 0.204. The molecule has 4 heteroatoms. The highest BCUT2D eigenvalue weighted by Crippen LogP contribution is 2.34. The summed E-state index contributed by atoms with van der Waals surface area (Å²) in [6.07, 6.45) is 2.02. The molecule has 1 aliphatic heterocycles. The first-order valence-corrected chi connectivity index (χ1v) is 5.20. The third-order valence-electron chi connectivity index (χ3n) is 2.50. The number of fused-ring (bicyclic) bond motifs is 1. The van der Waals surface area contributed by atoms with E-state index < -0.39 is 5.60 Å². The van der Waals surface area contributed by atoms with Crippen LogP contribution in [-0.4, -0.2) is 21.2 Å². The van der Waals surface area contributed by atoms with E-state index in [1.165, 1.54) is 0 Å². The second kappa shape index (κ2) is 3.08. The lowest BCUT2D eigenvalue weighted by atomic mass is 9.96. The van der Waals surface area contributed by atoms with Crippen molar-refractivity contribution in [2.24, 2.45) is 0 Å². The number of ketones is 1. The molecule has 0 atom stereocenters. The maximum Gasteiger partial charge on any atom is 0.223 e. The number of hydrogen-bond acceptors (Lipinski definition) is 3. The van der Waals surface area contributed by atoms with Crippen LogP contribution in [0.5, 0.6) is 5.88 Å². The van der Waals surface area contributed by atoms with E-state index in [9.17, 15) is 4.79 Å². The SMILES string of the molecule is CC(C)n1ncc2c1OC(C)(C)CC2=O. The number of nitrogens with zero attached hydrogens (tertiary/aromatic N) is 2. The zero-order valence-electron chi connectivity index (χ0n) is 9.57. The Kier molecular flexibility index (Phi) is 2.10. The molecule has 0 N–H and O–H groups in total. The van der Waals surface area contributed by atoms with E-state index >= 15 is 0 Å². The molecule has 0 unspecified atom stereocenters. The zero-order valence-corrected chi connectivity index (χ0v) is 9.57. The van der Waals surface area contributed by atoms with Crippen molar-refractivity contribution in [1.29, 1.82) is 0 Å². The van der Waals surface area contributed by atoms with Gasteiger partial charge in [-0.1, -0.05) is 0 Å². The molecule has 4 nitrogen and oxygen atoms in total. The van der Waals surface area contributed by atoms with Crippen LogP contribution in [0.1, 0.15) is 50.5 Å². The first-order chi connectivity index (χ1) is 6.91. The highest BCUT2D eigenvalue weighted by atomic mass is 16.5. The summed E-state index contributed by atoms with van der Waals surface area (Å²) in [6.45, 7) is 7.88. The van der Waals surface area contributed by atoms with Gasteiger partial charge in [0, 0.05) is 0 Å². The normalized spacial score (nSPS) is 18.9. The highest BCUT2D eigenvalue weighted by Gasteiger charge is 2.35. The van der Waals surface area contributed by atoms with Gasteiger partial charge in [0.1, 0.15) is 5.60 Å². The second-order valence-electron chi connectivity index (χ2n) is 4.86. The third kappa shape index (κ3) is 1.64. The van der Waals surface area contributed by atoms with Gasteiger partial charge >= 0.3 is 0 Å². The van der Waals surface area contributed by atoms with Crippen LogP contribution in [0.25, 0.3) is 0 Å². The average Bonchev–Trinajstić information content (AvgIpc) is 2.45. The van der Waals surface area contributed by atoms with E-state index in [1.54, 1.807) is 10.9 Å². The molecular formula is C11H16N2O2. The molecule has 0 fully saturated rings. The van der Waals surface area contributed by atoms with Gasteiger partial charge < -0.3 is 4.74 Å². The van der Waals surface area contributed by atoms with Crippen molar-refractivity contribution in [3.63, 3.8) is 0 Å². The van der Waals surface area contributed by atoms with E-state index in [-0.39, 0.29) is 11.8 Å². The molecule has 2 heterocycles. The van der Waals surface area contributed by atoms with Crippen LogP contribution in [0.15, 0.2) is 6.20 Å². The van der Waals surface area contributed by atoms with Gasteiger partial charge in [-0.3, -0.25) is 4.79 Å². The molecule has 0 aliphatic carbocycles. The predicted molar refractivity (Wildman–Crippen MR) is 56.3 cm³/mol. The summed E-state index contributed by atoms with van der Waals surface area (Å²) in [5.41, 5.74) is 0.194. The molecule has 0 aromatic carbocycles. The van der Waals surface area contributed by atoms with E-state index in [0.29, 0.717) is 17.9 Å². The predicted octanol–water partition coefficient (Wildman–Crippen LogP) is 2.21. The van der Waals surface area contributed by atoms with Gasteiger partial charge in [-0.05, 0) is 27.7 Å². The Balaban J connectivity index is 2.49. The maximum absolute atomic E-state index is 11.8. The summed E-state index contributed by atoms with van der Waals surface area (Å²) in [5.74, 6) is 0.736. The van der Waals surface area contributed by atoms with Gasteiger partial charge in [0.25, 0.3) is 0 Å². The Morgan fingerprint density at radius 1 is 1.53 bits per heavy atom. The molecule has 82 valence electrons. The third-order valence-corrected chi connectivity index (χ3v) is 2.50. The van der Waals surface area contributed by atoms with E-state index in [0.717, 1.165) is 0 Å². The van der Waals surface area contributed by atoms with E-state index in [1.807, 2.05) is 27.7 Å². The molecule has 0 spiro atoms. The number of ether oxygens (including phenoxy) is 1. The van der Waals surface area contributed by atoms with Crippen LogP contribution in [0, 0.1) is 0 Å². The van der Waals surface area contributed by atoms with Gasteiger partial charge in [0.15, 0.2) is 5.78 Å². The summed E-state index contributed by atoms with van der Waals surface area (Å²) < 4.78 is 7.56. The van der Waals surface area contributed by atoms with Crippen LogP contribution in [0.4, 0.5) is 0 Å². The van der Waals surface area contributed by atoms with Gasteiger partial charge in [0.2, 0.25) is 5.88 Å². The van der Waals surface area contributed by atoms with E-state index in [2.05, 4.69) is 5.10 Å². The van der Waals surface area contributed by atoms with Crippen molar-refractivity contribution in [1.82, 2.24) is 9.78 Å². The van der Waals surface area contributed by atoms with E-state index in [4.69, 9.17) is 4.74 Å². The first-order valence-electron chi connectivity index (χ1n) is 5.20. The summed E-state index contributed by atoms with van der Waals surface area (Å²) >= 11 is 0. The molecule has 1 aromatic rings. The lowest BCUT2D eigenvalue weighted by Crippen LogP contribution is -2.36. The molecule has 1 aliphatic rings. The minimum absolute atomic E-state index is 0.119. The number of rotatable bonds is 1. The summed E-state index contributed by atoms with van der Waals surface area (Å²) in [7, 11) is 0. The molecular weight excluding hydrogens is 192 g/mol. The fourth-order valence-electron chi connectivity index (χ4n) is 1.79. The number of aromatic nitrogens is 2. The molecule has 0 saturated heterocycles. The van der Waals surface area contributed by atoms with Gasteiger partial charge in [0.05, 0.1) is 24.2 Å². The van der Waals surface area contributed by atoms with Crippen LogP contribution in [0.3, 0.4) is 0 Å². The largest absolute Gasteiger partial charge is 0.471 e. The lowest BCUT2D eigenvalue weighted by molar-refractivity contribution is 0.0554. The molecule has 15 heavy (non-hydrogen) atoms. The topological polar surface area (TPSA) is 44.1 Å². The summed E-state index contributed by atoms with van der Waals surface area (Å²) in [4.78, 5) is 11.8. The number of hydrogen-bond donors (Lipinski definition) is 0. The van der Waals surface area contributed by atoms with Crippen LogP contribution in [-0.2, 0) is 0 Å². The number of Topliss-reactive ketones (excluding diaryl/α,β-unsaturated/α-hetero) is 1. The fourth-order valence-corrected chi connectivity index (χ4v) is 1.79. The van der Waals surface area contributed by atoms with Crippen molar-refractivity contribution < 1.29 is 9.53 Å². The Hall–Kier alpha value is -1.32. The van der Waals surface area contributed by atoms with Gasteiger partial charge in [-0.15, -0.1) is 0 Å². The second-order valence-corrected chi connectivity index (χ2v) is 4.86. The monoisotopic (exact) mass is 208 g/mol. The van der Waals surface area contributed by atoms with Crippen molar-refractivity contribution in [3.8, 4) is 5.88 Å². The van der Waals surface area contributed by atoms with Crippen molar-refractivity contribution in [3.05, 3.63) is 11.8 Å². The van der Waals surface area contributed by atoms with Crippen LogP contribution in [0.2, 0.25) is 0 Å². The molecule has 2 rings (SSSR count). The standard InChI is InChI=1S/C11H16N2O2/c1-7(2)13-10-8(6-12-13)9(14)5-11(3,4)15-10/h6-7H,5H2,1-4H3. The van der Waals surface area contributed by atoms with Crippen LogP contribution < -0.4 is 4.74 Å². The van der Waals surface area contributed by atoms with Crippen molar-refractivity contribution >= 4 is 5.78 Å². The maximum atomic E-state index is 11.8. The number of carbonyl (C=O) groups is 1. The molecule has 0 saturated carbocycles. The van der Waals surface area contributed by atoms with Crippen molar-refractivity contribution in [2.75, 3.05) is 0 Å². The highest BCUT2D eigenvalue weighted by molar-refractivity contribution is 5.99. The molecule has 1 aromatic heterocycles. The smallest absolute Gasteiger partial charge is 0.223 e. The number of carbonyl (C=O) groups excluding carboxylic acids is 1. The Labute approximate surface area is 89.2 Å². The fraction of sp³-hybridized carbons (Fsp3) is 0.636. The molecule has 0 bridgehead atoms. The Morgan fingerprint density at radius 2 is 2.20 bits per heavy atom. The van der Waals surface area contributed by atoms with Crippen LogP contribution >= 0.6 is 0 Å². The van der Waals surface area contributed by atoms with Crippen molar-refractivity contribution in [2.45, 2.75) is 45.8 Å². The Morgan fingerprint density at radius 3 is 2.80 bits per heavy atom. The van der Waals surface area contributed by atoms with Gasteiger partial charge in [-0.2, -0.15) is 5.10 Å². The summed E-state index contributed by atoms with van der Waals surface area (Å²) in [5, 5.41) is 4.18. The minimum Gasteiger partial charge on any atom is -0.471 e. The minimum atomic E-state index is -0.420. The first kappa shape index (κ1) is 10.2. The quantitative estimate of drug-likeness (QED) is 0.710.